The van der Waals surface area contributed by atoms with Crippen LogP contribution in [0, 0.1) is 13.8 Å². The van der Waals surface area contributed by atoms with E-state index in [4.69, 9.17) is 0 Å². The summed E-state index contributed by atoms with van der Waals surface area (Å²) in [5.41, 5.74) is 1.30. The average Bonchev–Trinajstić information content (AvgIpc) is 3.18. The second kappa shape index (κ2) is 9.72. The smallest absolute Gasteiger partial charge is 0.357 e. The number of halogens is 3. The molecule has 0 aliphatic rings. The number of aliphatic imine (C=N–C) groups is 1. The third-order valence-corrected chi connectivity index (χ3v) is 4.63. The summed E-state index contributed by atoms with van der Waals surface area (Å²) in [5.74, 6) is 0.651. The zero-order valence-corrected chi connectivity index (χ0v) is 16.5. The molecule has 0 aliphatic carbocycles. The molecule has 2 aromatic heterocycles. The van der Waals surface area contributed by atoms with Crippen LogP contribution >= 0.6 is 11.3 Å². The Bertz CT molecular complexity index is 750. The number of nitrogens with one attached hydrogen (secondary N) is 2. The fourth-order valence-corrected chi connectivity index (χ4v) is 3.30. The van der Waals surface area contributed by atoms with Crippen molar-refractivity contribution in [1.82, 2.24) is 25.4 Å². The van der Waals surface area contributed by atoms with Gasteiger partial charge in [0.1, 0.15) is 0 Å². The number of thiazole rings is 1. The number of hydrogen-bond acceptors (Lipinski definition) is 4. The van der Waals surface area contributed by atoms with Crippen LogP contribution in [0.15, 0.2) is 16.4 Å². The second-order valence-corrected chi connectivity index (χ2v) is 7.01. The highest BCUT2D eigenvalue weighted by Gasteiger charge is 2.33. The average molecular weight is 402 g/mol. The maximum Gasteiger partial charge on any atom is 0.434 e. The third kappa shape index (κ3) is 6.85. The molecule has 0 saturated carbocycles. The fraction of sp³-hybridized carbons (Fsp3) is 0.588. The summed E-state index contributed by atoms with van der Waals surface area (Å²) >= 11 is 1.02. The standard InChI is InChI=1S/C17H25F3N6S/c1-4-21-16(22-7-5-9-26-13(3)10-12(2)25-26)23-8-6-15-24-14(11-27-15)17(18,19)20/h10-11H,4-9H2,1-3H3,(H2,21,22,23). The lowest BCUT2D eigenvalue weighted by molar-refractivity contribution is -0.140. The van der Waals surface area contributed by atoms with E-state index in [1.165, 1.54) is 0 Å². The highest BCUT2D eigenvalue weighted by atomic mass is 32.1. The quantitative estimate of drug-likeness (QED) is 0.404. The Labute approximate surface area is 160 Å². The van der Waals surface area contributed by atoms with E-state index < -0.39 is 11.9 Å². The summed E-state index contributed by atoms with van der Waals surface area (Å²) in [5, 5.41) is 12.2. The van der Waals surface area contributed by atoms with Crippen molar-refractivity contribution in [3.63, 3.8) is 0 Å². The van der Waals surface area contributed by atoms with Crippen molar-refractivity contribution < 1.29 is 13.2 Å². The van der Waals surface area contributed by atoms with Crippen molar-refractivity contribution in [2.24, 2.45) is 4.99 Å². The zero-order chi connectivity index (χ0) is 19.9. The summed E-state index contributed by atoms with van der Waals surface area (Å²) < 4.78 is 39.7. The number of aryl methyl sites for hydroxylation is 3. The number of aromatic nitrogens is 3. The van der Waals surface area contributed by atoms with Gasteiger partial charge in [0, 0.05) is 43.7 Å². The molecule has 0 fully saturated rings. The largest absolute Gasteiger partial charge is 0.434 e. The molecule has 150 valence electrons. The third-order valence-electron chi connectivity index (χ3n) is 3.72. The number of rotatable bonds is 8. The van der Waals surface area contributed by atoms with Gasteiger partial charge in [0.2, 0.25) is 0 Å². The molecule has 0 saturated heterocycles. The normalized spacial score (nSPS) is 12.4. The molecule has 10 heteroatoms. The molecule has 27 heavy (non-hydrogen) atoms. The molecule has 0 atom stereocenters. The molecule has 2 rings (SSSR count). The van der Waals surface area contributed by atoms with E-state index in [1.54, 1.807) is 0 Å². The highest BCUT2D eigenvalue weighted by Crippen LogP contribution is 2.29. The summed E-state index contributed by atoms with van der Waals surface area (Å²) in [6.07, 6.45) is -3.12. The first-order valence-corrected chi connectivity index (χ1v) is 9.72. The molecule has 0 unspecified atom stereocenters. The van der Waals surface area contributed by atoms with Gasteiger partial charge in [-0.3, -0.25) is 9.67 Å². The Morgan fingerprint density at radius 3 is 2.67 bits per heavy atom. The number of guanidine groups is 1. The molecular formula is C17H25F3N6S. The lowest BCUT2D eigenvalue weighted by atomic mass is 10.4. The fourth-order valence-electron chi connectivity index (χ4n) is 2.50. The van der Waals surface area contributed by atoms with Crippen LogP contribution in [-0.4, -0.2) is 40.4 Å². The van der Waals surface area contributed by atoms with Crippen molar-refractivity contribution in [3.05, 3.63) is 33.5 Å². The van der Waals surface area contributed by atoms with E-state index in [9.17, 15) is 13.2 Å². The van der Waals surface area contributed by atoms with Crippen molar-refractivity contribution in [2.75, 3.05) is 19.6 Å². The van der Waals surface area contributed by atoms with Gasteiger partial charge in [0.15, 0.2) is 11.7 Å². The SMILES string of the molecule is CCNC(=NCCCn1nc(C)cc1C)NCCc1nc(C(F)(F)F)cs1. The number of nitrogens with zero attached hydrogens (tertiary/aromatic N) is 4. The van der Waals surface area contributed by atoms with Gasteiger partial charge in [0.05, 0.1) is 10.7 Å². The molecule has 0 spiro atoms. The molecule has 0 radical (unpaired) electrons. The van der Waals surface area contributed by atoms with Crippen molar-refractivity contribution >= 4 is 17.3 Å². The van der Waals surface area contributed by atoms with Crippen LogP contribution in [-0.2, 0) is 19.1 Å². The summed E-state index contributed by atoms with van der Waals surface area (Å²) in [6.45, 7) is 8.55. The van der Waals surface area contributed by atoms with Crippen molar-refractivity contribution in [3.8, 4) is 0 Å². The monoisotopic (exact) mass is 402 g/mol. The van der Waals surface area contributed by atoms with Gasteiger partial charge in [-0.2, -0.15) is 18.3 Å². The molecule has 0 amide bonds. The molecule has 0 aliphatic heterocycles. The van der Waals surface area contributed by atoms with Gasteiger partial charge < -0.3 is 10.6 Å². The molecular weight excluding hydrogens is 377 g/mol. The van der Waals surface area contributed by atoms with Crippen LogP contribution in [0.5, 0.6) is 0 Å². The minimum absolute atomic E-state index is 0.414. The van der Waals surface area contributed by atoms with Gasteiger partial charge in [-0.15, -0.1) is 11.3 Å². The highest BCUT2D eigenvalue weighted by molar-refractivity contribution is 7.09. The lowest BCUT2D eigenvalue weighted by Gasteiger charge is -2.10. The van der Waals surface area contributed by atoms with E-state index in [-0.39, 0.29) is 0 Å². The molecule has 2 aromatic rings. The van der Waals surface area contributed by atoms with Crippen LogP contribution in [0.3, 0.4) is 0 Å². The van der Waals surface area contributed by atoms with Gasteiger partial charge in [-0.1, -0.05) is 0 Å². The first-order valence-electron chi connectivity index (χ1n) is 8.84. The van der Waals surface area contributed by atoms with Crippen LogP contribution < -0.4 is 10.6 Å². The predicted molar refractivity (Wildman–Crippen MR) is 101 cm³/mol. The van der Waals surface area contributed by atoms with Gasteiger partial charge in [-0.05, 0) is 33.3 Å². The molecule has 2 heterocycles. The van der Waals surface area contributed by atoms with Crippen molar-refractivity contribution in [2.45, 2.75) is 46.3 Å². The van der Waals surface area contributed by atoms with E-state index in [0.29, 0.717) is 37.0 Å². The van der Waals surface area contributed by atoms with E-state index in [2.05, 4.69) is 25.7 Å². The van der Waals surface area contributed by atoms with Crippen molar-refractivity contribution in [1.29, 1.82) is 0 Å². The lowest BCUT2D eigenvalue weighted by Crippen LogP contribution is -2.38. The topological polar surface area (TPSA) is 67.1 Å². The minimum Gasteiger partial charge on any atom is -0.357 e. The summed E-state index contributed by atoms with van der Waals surface area (Å²) in [6, 6.07) is 2.04. The molecule has 0 aromatic carbocycles. The minimum atomic E-state index is -4.38. The Hall–Kier alpha value is -2.10. The van der Waals surface area contributed by atoms with E-state index in [0.717, 1.165) is 41.1 Å². The Kier molecular flexibility index (Phi) is 7.64. The predicted octanol–water partition coefficient (Wildman–Crippen LogP) is 3.16. The van der Waals surface area contributed by atoms with Crippen LogP contribution in [0.1, 0.15) is 35.4 Å². The van der Waals surface area contributed by atoms with Crippen LogP contribution in [0.4, 0.5) is 13.2 Å². The van der Waals surface area contributed by atoms with Crippen LogP contribution in [0.25, 0.3) is 0 Å². The van der Waals surface area contributed by atoms with E-state index >= 15 is 0 Å². The first kappa shape index (κ1) is 21.2. The second-order valence-electron chi connectivity index (χ2n) is 6.07. The van der Waals surface area contributed by atoms with E-state index in [1.807, 2.05) is 31.5 Å². The van der Waals surface area contributed by atoms with Gasteiger partial charge >= 0.3 is 6.18 Å². The first-order chi connectivity index (χ1) is 12.8. The maximum absolute atomic E-state index is 12.6. The van der Waals surface area contributed by atoms with Crippen LogP contribution in [0.2, 0.25) is 0 Å². The summed E-state index contributed by atoms with van der Waals surface area (Å²) in [4.78, 5) is 8.12. The molecule has 6 nitrogen and oxygen atoms in total. The Morgan fingerprint density at radius 1 is 1.30 bits per heavy atom. The molecule has 2 N–H and O–H groups in total. The van der Waals surface area contributed by atoms with Gasteiger partial charge in [0.25, 0.3) is 0 Å². The zero-order valence-electron chi connectivity index (χ0n) is 15.7. The Morgan fingerprint density at radius 2 is 2.07 bits per heavy atom. The maximum atomic E-state index is 12.6. The van der Waals surface area contributed by atoms with Gasteiger partial charge in [-0.25, -0.2) is 4.98 Å². The molecule has 0 bridgehead atoms. The summed E-state index contributed by atoms with van der Waals surface area (Å²) in [7, 11) is 0. The Balaban J connectivity index is 1.77. The number of hydrogen-bond donors (Lipinski definition) is 2. The number of alkyl halides is 3.